The van der Waals surface area contributed by atoms with Crippen molar-refractivity contribution in [2.75, 3.05) is 18.4 Å². The molecule has 1 aromatic carbocycles. The van der Waals surface area contributed by atoms with Crippen molar-refractivity contribution in [1.82, 2.24) is 0 Å². The molecule has 2 aromatic rings. The molecule has 1 heterocycles. The van der Waals surface area contributed by atoms with Crippen LogP contribution in [0.5, 0.6) is 11.5 Å². The van der Waals surface area contributed by atoms with Gasteiger partial charge in [-0.1, -0.05) is 23.2 Å². The van der Waals surface area contributed by atoms with Crippen LogP contribution >= 0.6 is 34.5 Å². The molecule has 0 radical (unpaired) electrons. The summed E-state index contributed by atoms with van der Waals surface area (Å²) in [4.78, 5) is -0.0583. The summed E-state index contributed by atoms with van der Waals surface area (Å²) in [6.07, 6.45) is 0. The fraction of sp³-hybridized carbons (Fsp3) is 0.231. The molecule has 0 unspecified atom stereocenters. The molecule has 0 saturated heterocycles. The number of hydrogen-bond donors (Lipinski definition) is 1. The second kappa shape index (κ2) is 6.95. The van der Waals surface area contributed by atoms with Gasteiger partial charge in [0.15, 0.2) is 11.5 Å². The number of hydrogen-bond acceptors (Lipinski definition) is 5. The van der Waals surface area contributed by atoms with Crippen molar-refractivity contribution in [3.63, 3.8) is 0 Å². The molecule has 120 valence electrons. The molecule has 1 N–H and O–H groups in total. The second-order valence-electron chi connectivity index (χ2n) is 4.09. The Bertz CT molecular complexity index is 774. The highest BCUT2D eigenvalue weighted by molar-refractivity contribution is 7.93. The van der Waals surface area contributed by atoms with E-state index in [2.05, 4.69) is 4.72 Å². The molecule has 9 heteroatoms. The van der Waals surface area contributed by atoms with Gasteiger partial charge in [0.25, 0.3) is 10.0 Å². The molecule has 5 nitrogen and oxygen atoms in total. The first kappa shape index (κ1) is 17.2. The van der Waals surface area contributed by atoms with Crippen LogP contribution in [0.4, 0.5) is 5.69 Å². The van der Waals surface area contributed by atoms with Gasteiger partial charge < -0.3 is 9.47 Å². The minimum Gasteiger partial charge on any atom is -0.493 e. The standard InChI is InChI=1S/C13H13Cl2NO4S2/c1-3-20-9-5-4-8(6-10(9)19-2)16-22(17,18)11-7-12(14)21-13(11)15/h4-7,16H,3H2,1-2H3. The highest BCUT2D eigenvalue weighted by Crippen LogP contribution is 2.36. The highest BCUT2D eigenvalue weighted by Gasteiger charge is 2.21. The van der Waals surface area contributed by atoms with Crippen molar-refractivity contribution in [3.05, 3.63) is 32.9 Å². The van der Waals surface area contributed by atoms with Crippen molar-refractivity contribution < 1.29 is 17.9 Å². The Balaban J connectivity index is 2.32. The van der Waals surface area contributed by atoms with Crippen LogP contribution < -0.4 is 14.2 Å². The summed E-state index contributed by atoms with van der Waals surface area (Å²) in [5.41, 5.74) is 0.332. The lowest BCUT2D eigenvalue weighted by Gasteiger charge is -2.12. The van der Waals surface area contributed by atoms with E-state index in [1.54, 1.807) is 12.1 Å². The molecular weight excluding hydrogens is 369 g/mol. The van der Waals surface area contributed by atoms with Gasteiger partial charge >= 0.3 is 0 Å². The number of ether oxygens (including phenoxy) is 2. The predicted octanol–water partition coefficient (Wildman–Crippen LogP) is 4.26. The Morgan fingerprint density at radius 2 is 1.95 bits per heavy atom. The van der Waals surface area contributed by atoms with Crippen molar-refractivity contribution >= 4 is 50.2 Å². The number of benzene rings is 1. The zero-order valence-corrected chi connectivity index (χ0v) is 14.9. The molecule has 0 spiro atoms. The van der Waals surface area contributed by atoms with Crippen LogP contribution in [0.3, 0.4) is 0 Å². The number of methoxy groups -OCH3 is 1. The molecule has 0 atom stereocenters. The van der Waals surface area contributed by atoms with Crippen molar-refractivity contribution in [3.8, 4) is 11.5 Å². The lowest BCUT2D eigenvalue weighted by molar-refractivity contribution is 0.311. The molecule has 1 aromatic heterocycles. The molecule has 0 aliphatic rings. The Labute approximate surface area is 142 Å². The normalized spacial score (nSPS) is 11.3. The molecule has 22 heavy (non-hydrogen) atoms. The summed E-state index contributed by atoms with van der Waals surface area (Å²) < 4.78 is 38.1. The first-order valence-electron chi connectivity index (χ1n) is 6.16. The Morgan fingerprint density at radius 1 is 1.23 bits per heavy atom. The van der Waals surface area contributed by atoms with E-state index in [1.807, 2.05) is 6.92 Å². The van der Waals surface area contributed by atoms with Gasteiger partial charge in [-0.15, -0.1) is 11.3 Å². The average molecular weight is 382 g/mol. The fourth-order valence-electron chi connectivity index (χ4n) is 1.72. The monoisotopic (exact) mass is 381 g/mol. The van der Waals surface area contributed by atoms with Gasteiger partial charge in [-0.2, -0.15) is 0 Å². The summed E-state index contributed by atoms with van der Waals surface area (Å²) in [7, 11) is -2.35. The van der Waals surface area contributed by atoms with Crippen LogP contribution in [0.1, 0.15) is 6.92 Å². The number of thiophene rings is 1. The molecular formula is C13H13Cl2NO4S2. The minimum absolute atomic E-state index is 0.0583. The first-order valence-corrected chi connectivity index (χ1v) is 9.21. The average Bonchev–Trinajstić information content (AvgIpc) is 2.80. The lowest BCUT2D eigenvalue weighted by atomic mass is 10.3. The molecule has 0 fully saturated rings. The summed E-state index contributed by atoms with van der Waals surface area (Å²) in [6.45, 7) is 2.32. The predicted molar refractivity (Wildman–Crippen MR) is 89.3 cm³/mol. The van der Waals surface area contributed by atoms with E-state index < -0.39 is 10.0 Å². The van der Waals surface area contributed by atoms with Gasteiger partial charge in [0.1, 0.15) is 9.23 Å². The van der Waals surface area contributed by atoms with Crippen LogP contribution in [-0.2, 0) is 10.0 Å². The van der Waals surface area contributed by atoms with Gasteiger partial charge in [0.2, 0.25) is 0 Å². The molecule has 0 aliphatic heterocycles. The maximum Gasteiger partial charge on any atom is 0.264 e. The number of halogens is 2. The molecule has 2 rings (SSSR count). The van der Waals surface area contributed by atoms with E-state index in [4.69, 9.17) is 32.7 Å². The van der Waals surface area contributed by atoms with Gasteiger partial charge in [-0.05, 0) is 25.1 Å². The third kappa shape index (κ3) is 3.78. The topological polar surface area (TPSA) is 64.6 Å². The van der Waals surface area contributed by atoms with Crippen molar-refractivity contribution in [2.24, 2.45) is 0 Å². The van der Waals surface area contributed by atoms with Gasteiger partial charge in [-0.3, -0.25) is 4.72 Å². The summed E-state index contributed by atoms with van der Waals surface area (Å²) in [5.74, 6) is 0.959. The second-order valence-corrected chi connectivity index (χ2v) is 8.03. The van der Waals surface area contributed by atoms with Crippen LogP contribution in [0.25, 0.3) is 0 Å². The quantitative estimate of drug-likeness (QED) is 0.811. The SMILES string of the molecule is CCOc1ccc(NS(=O)(=O)c2cc(Cl)sc2Cl)cc1OC. The zero-order valence-electron chi connectivity index (χ0n) is 11.7. The minimum atomic E-state index is -3.83. The molecule has 0 bridgehead atoms. The highest BCUT2D eigenvalue weighted by atomic mass is 35.5. The largest absolute Gasteiger partial charge is 0.493 e. The smallest absolute Gasteiger partial charge is 0.264 e. The van der Waals surface area contributed by atoms with Crippen molar-refractivity contribution in [1.29, 1.82) is 0 Å². The first-order chi connectivity index (χ1) is 10.4. The van der Waals surface area contributed by atoms with Gasteiger partial charge in [0, 0.05) is 6.07 Å². The number of nitrogens with one attached hydrogen (secondary N) is 1. The van der Waals surface area contributed by atoms with Gasteiger partial charge in [0.05, 0.1) is 23.7 Å². The van der Waals surface area contributed by atoms with E-state index in [0.29, 0.717) is 28.1 Å². The van der Waals surface area contributed by atoms with Gasteiger partial charge in [-0.25, -0.2) is 8.42 Å². The molecule has 0 aliphatic carbocycles. The maximum atomic E-state index is 12.3. The number of anilines is 1. The maximum absolute atomic E-state index is 12.3. The van der Waals surface area contributed by atoms with Crippen LogP contribution in [0.15, 0.2) is 29.2 Å². The lowest BCUT2D eigenvalue weighted by Crippen LogP contribution is -2.12. The Hall–Kier alpha value is -1.15. The summed E-state index contributed by atoms with van der Waals surface area (Å²) in [5, 5.41) is 0. The van der Waals surface area contributed by atoms with E-state index in [0.717, 1.165) is 11.3 Å². The molecule has 0 amide bonds. The third-order valence-electron chi connectivity index (χ3n) is 2.63. The van der Waals surface area contributed by atoms with Crippen LogP contribution in [0.2, 0.25) is 8.67 Å². The van der Waals surface area contributed by atoms with Crippen LogP contribution in [0, 0.1) is 0 Å². The number of rotatable bonds is 6. The van der Waals surface area contributed by atoms with E-state index in [1.165, 1.54) is 19.2 Å². The van der Waals surface area contributed by atoms with E-state index in [9.17, 15) is 8.42 Å². The van der Waals surface area contributed by atoms with E-state index >= 15 is 0 Å². The zero-order chi connectivity index (χ0) is 16.3. The van der Waals surface area contributed by atoms with Crippen molar-refractivity contribution in [2.45, 2.75) is 11.8 Å². The number of sulfonamides is 1. The molecule has 0 saturated carbocycles. The Morgan fingerprint density at radius 3 is 2.50 bits per heavy atom. The summed E-state index contributed by atoms with van der Waals surface area (Å²) in [6, 6.07) is 6.04. The van der Waals surface area contributed by atoms with E-state index in [-0.39, 0.29) is 9.23 Å². The third-order valence-corrected chi connectivity index (χ3v) is 5.76. The summed E-state index contributed by atoms with van der Waals surface area (Å²) >= 11 is 12.7. The van der Waals surface area contributed by atoms with Crippen LogP contribution in [-0.4, -0.2) is 22.1 Å². The fourth-order valence-corrected chi connectivity index (χ4v) is 4.92. The Kier molecular flexibility index (Phi) is 5.44.